The van der Waals surface area contributed by atoms with E-state index in [2.05, 4.69) is 10.3 Å². The van der Waals surface area contributed by atoms with Gasteiger partial charge in [0.15, 0.2) is 29.8 Å². The van der Waals surface area contributed by atoms with E-state index < -0.39 is 42.3 Å². The second kappa shape index (κ2) is 17.5. The van der Waals surface area contributed by atoms with Gasteiger partial charge in [0.25, 0.3) is 0 Å². The number of rotatable bonds is 16. The number of aromatic hydroxyl groups is 2. The average molecular weight is 726 g/mol. The Morgan fingerprint density at radius 2 is 1.85 bits per heavy atom. The number of aryl methyl sites for hydroxylation is 1. The van der Waals surface area contributed by atoms with Crippen LogP contribution in [0.25, 0.3) is 0 Å². The van der Waals surface area contributed by atoms with E-state index in [1.165, 1.54) is 13.2 Å². The van der Waals surface area contributed by atoms with Crippen molar-refractivity contribution in [3.05, 3.63) is 65.4 Å². The molecular formula is C38H51N3O11. The van der Waals surface area contributed by atoms with Crippen LogP contribution in [0.3, 0.4) is 0 Å². The zero-order chi connectivity index (χ0) is 37.4. The Morgan fingerprint density at radius 1 is 1.06 bits per heavy atom. The monoisotopic (exact) mass is 725 g/mol. The van der Waals surface area contributed by atoms with Crippen molar-refractivity contribution >= 4 is 11.8 Å². The van der Waals surface area contributed by atoms with Crippen LogP contribution in [0.5, 0.6) is 28.7 Å². The second-order valence-electron chi connectivity index (χ2n) is 14.0. The number of nitrogens with two attached hydrogens (primary N) is 1. The summed E-state index contributed by atoms with van der Waals surface area (Å²) in [5.74, 6) is -0.986. The van der Waals surface area contributed by atoms with E-state index in [1.807, 2.05) is 13.0 Å². The van der Waals surface area contributed by atoms with Crippen molar-refractivity contribution in [2.45, 2.75) is 88.7 Å². The van der Waals surface area contributed by atoms with Crippen molar-refractivity contribution in [3.8, 4) is 28.7 Å². The maximum atomic E-state index is 12.3. The molecule has 7 atom stereocenters. The molecule has 5 rings (SSSR count). The summed E-state index contributed by atoms with van der Waals surface area (Å²) >= 11 is 0. The van der Waals surface area contributed by atoms with Crippen molar-refractivity contribution in [2.75, 3.05) is 32.9 Å². The normalized spacial score (nSPS) is 26.1. The van der Waals surface area contributed by atoms with Crippen LogP contribution in [0.2, 0.25) is 0 Å². The number of phenolic OH excluding ortho intramolecular Hbond substituents is 2. The van der Waals surface area contributed by atoms with E-state index in [-0.39, 0.29) is 66.9 Å². The molecule has 3 aromatic rings. The molecule has 52 heavy (non-hydrogen) atoms. The molecular weight excluding hydrogens is 674 g/mol. The fourth-order valence-electron chi connectivity index (χ4n) is 7.75. The summed E-state index contributed by atoms with van der Waals surface area (Å²) < 4.78 is 23.6. The van der Waals surface area contributed by atoms with Gasteiger partial charge in [0, 0.05) is 36.2 Å². The number of hydrogen-bond acceptors (Lipinski definition) is 13. The standard InChI is InChI=1S/C38H51N3O11/c1-22-7-10-38(19-35(46)47,18-24-8-11-40-34(39)14-24)33(41-22)20-50-32-16-25(15-31(49-2)36(32)48)37-27(9-12-42)29(45)17-26(52-37)5-3-23-4-6-28(44)30(13-23)51-21-43/h4,6,8,11,13-16,22,26-27,29,33,37,41-45,48H,3,5,7,9-10,12,17-21H2,1-2H3,(H2,39,40)(H,46,47)/t22-,26-,27-,29-,33-,37+,38-/m0/s1. The molecule has 0 amide bonds. The number of carboxylic acids is 1. The molecule has 0 unspecified atom stereocenters. The van der Waals surface area contributed by atoms with Crippen molar-refractivity contribution in [1.29, 1.82) is 0 Å². The molecule has 14 nitrogen and oxygen atoms in total. The zero-order valence-corrected chi connectivity index (χ0v) is 29.6. The molecule has 2 aliphatic rings. The maximum Gasteiger partial charge on any atom is 0.303 e. The Bertz CT molecular complexity index is 1660. The van der Waals surface area contributed by atoms with Gasteiger partial charge in [-0.2, -0.15) is 0 Å². The lowest BCUT2D eigenvalue weighted by atomic mass is 9.67. The number of aromatic nitrogens is 1. The zero-order valence-electron chi connectivity index (χ0n) is 29.6. The van der Waals surface area contributed by atoms with Crippen LogP contribution in [0.15, 0.2) is 48.7 Å². The summed E-state index contributed by atoms with van der Waals surface area (Å²) in [5.41, 5.74) is 7.50. The number of nitrogens with one attached hydrogen (secondary N) is 1. The molecule has 284 valence electrons. The number of aliphatic carboxylic acids is 1. The Morgan fingerprint density at radius 3 is 2.56 bits per heavy atom. The number of phenols is 2. The number of ether oxygens (including phenoxy) is 4. The summed E-state index contributed by atoms with van der Waals surface area (Å²) in [7, 11) is 1.42. The quantitative estimate of drug-likeness (QED) is 0.0991. The first-order chi connectivity index (χ1) is 24.9. The summed E-state index contributed by atoms with van der Waals surface area (Å²) in [6.07, 6.45) is 3.05. The minimum absolute atomic E-state index is 0.0316. The van der Waals surface area contributed by atoms with Crippen molar-refractivity contribution < 1.29 is 54.4 Å². The number of nitrogen functional groups attached to an aromatic ring is 1. The van der Waals surface area contributed by atoms with Crippen LogP contribution < -0.4 is 25.3 Å². The number of nitrogens with zero attached hydrogens (tertiary/aromatic N) is 1. The highest BCUT2D eigenvalue weighted by Gasteiger charge is 2.45. The molecule has 0 radical (unpaired) electrons. The average Bonchev–Trinajstić information content (AvgIpc) is 3.10. The third-order valence-corrected chi connectivity index (χ3v) is 10.4. The van der Waals surface area contributed by atoms with E-state index in [4.69, 9.17) is 29.8 Å². The van der Waals surface area contributed by atoms with Gasteiger partial charge in [-0.1, -0.05) is 6.07 Å². The van der Waals surface area contributed by atoms with Crippen LogP contribution in [-0.2, 0) is 22.4 Å². The van der Waals surface area contributed by atoms with Crippen LogP contribution in [0.1, 0.15) is 68.2 Å². The number of hydrogen-bond donors (Lipinski definition) is 8. The first kappa shape index (κ1) is 38.9. The minimum Gasteiger partial charge on any atom is -0.504 e. The van der Waals surface area contributed by atoms with Crippen molar-refractivity contribution in [1.82, 2.24) is 10.3 Å². The lowest BCUT2D eigenvalue weighted by molar-refractivity contribution is -0.144. The number of aliphatic hydroxyl groups excluding tert-OH is 3. The van der Waals surface area contributed by atoms with E-state index >= 15 is 0 Å². The van der Waals surface area contributed by atoms with Gasteiger partial charge in [-0.3, -0.25) is 4.79 Å². The van der Waals surface area contributed by atoms with Gasteiger partial charge < -0.3 is 60.6 Å². The number of benzene rings is 2. The van der Waals surface area contributed by atoms with Crippen molar-refractivity contribution in [2.24, 2.45) is 11.3 Å². The third-order valence-electron chi connectivity index (χ3n) is 10.4. The molecule has 1 aromatic heterocycles. The highest BCUT2D eigenvalue weighted by molar-refractivity contribution is 5.68. The lowest BCUT2D eigenvalue weighted by Crippen LogP contribution is -2.57. The molecule has 0 saturated carbocycles. The molecule has 0 spiro atoms. The van der Waals surface area contributed by atoms with E-state index in [9.17, 15) is 30.3 Å². The first-order valence-corrected chi connectivity index (χ1v) is 17.7. The Kier molecular flexibility index (Phi) is 13.0. The SMILES string of the molecule is COc1cc([C@H]2O[C@@H](CCc3ccc(O)c(OCO)c3)C[C@H](O)[C@@H]2CCO)cc(OC[C@@H]2N[C@@H](C)CC[C@@]2(CC(=O)O)Cc2ccnc(N)c2)c1O. The smallest absolute Gasteiger partial charge is 0.303 e. The van der Waals surface area contributed by atoms with Gasteiger partial charge in [0.1, 0.15) is 12.4 Å². The number of methoxy groups -OCH3 is 1. The highest BCUT2D eigenvalue weighted by atomic mass is 16.6. The summed E-state index contributed by atoms with van der Waals surface area (Å²) in [5, 5.41) is 65.2. The molecule has 3 heterocycles. The molecule has 2 aliphatic heterocycles. The number of carboxylic acid groups (broad SMARTS) is 1. The van der Waals surface area contributed by atoms with Gasteiger partial charge in [0.05, 0.1) is 31.8 Å². The fourth-order valence-corrected chi connectivity index (χ4v) is 7.75. The molecule has 2 aromatic carbocycles. The molecule has 14 heteroatoms. The Hall–Kier alpha value is -4.34. The summed E-state index contributed by atoms with van der Waals surface area (Å²) in [4.78, 5) is 16.3. The molecule has 2 saturated heterocycles. The van der Waals surface area contributed by atoms with E-state index in [0.29, 0.717) is 43.5 Å². The van der Waals surface area contributed by atoms with Gasteiger partial charge >= 0.3 is 5.97 Å². The van der Waals surface area contributed by atoms with Crippen LogP contribution in [-0.4, -0.2) is 93.0 Å². The van der Waals surface area contributed by atoms with Gasteiger partial charge in [-0.05, 0) is 105 Å². The predicted molar refractivity (Wildman–Crippen MR) is 190 cm³/mol. The fraction of sp³-hybridized carbons (Fsp3) is 0.526. The maximum absolute atomic E-state index is 12.3. The number of carbonyl (C=O) groups is 1. The molecule has 9 N–H and O–H groups in total. The van der Waals surface area contributed by atoms with Gasteiger partial charge in [0.2, 0.25) is 5.75 Å². The van der Waals surface area contributed by atoms with Gasteiger partial charge in [-0.25, -0.2) is 4.98 Å². The summed E-state index contributed by atoms with van der Waals surface area (Å²) in [6, 6.07) is 11.4. The van der Waals surface area contributed by atoms with E-state index in [0.717, 1.165) is 17.5 Å². The van der Waals surface area contributed by atoms with Crippen LogP contribution >= 0.6 is 0 Å². The summed E-state index contributed by atoms with van der Waals surface area (Å²) in [6.45, 7) is 1.32. The second-order valence-corrected chi connectivity index (χ2v) is 14.0. The Labute approximate surface area is 303 Å². The number of anilines is 1. The van der Waals surface area contributed by atoms with Gasteiger partial charge in [-0.15, -0.1) is 0 Å². The molecule has 0 aliphatic carbocycles. The molecule has 0 bridgehead atoms. The topological polar surface area (TPSA) is 226 Å². The lowest BCUT2D eigenvalue weighted by Gasteiger charge is -2.46. The largest absolute Gasteiger partial charge is 0.504 e. The number of pyridine rings is 1. The number of aliphatic hydroxyl groups is 3. The number of piperidine rings is 1. The third kappa shape index (κ3) is 9.36. The minimum atomic E-state index is -0.934. The van der Waals surface area contributed by atoms with Crippen LogP contribution in [0, 0.1) is 11.3 Å². The van der Waals surface area contributed by atoms with Crippen LogP contribution in [0.4, 0.5) is 5.82 Å². The Balaban J connectivity index is 1.40. The first-order valence-electron chi connectivity index (χ1n) is 17.7. The highest BCUT2D eigenvalue weighted by Crippen LogP contribution is 2.46. The predicted octanol–water partition coefficient (Wildman–Crippen LogP) is 3.46. The molecule has 2 fully saturated rings. The van der Waals surface area contributed by atoms with E-state index in [1.54, 1.807) is 36.5 Å². The van der Waals surface area contributed by atoms with Crippen molar-refractivity contribution in [3.63, 3.8) is 0 Å².